The number of ether oxygens (including phenoxy) is 2. The van der Waals surface area contributed by atoms with Crippen LogP contribution in [0.25, 0.3) is 11.1 Å². The maximum atomic E-state index is 12.2. The molecule has 1 saturated carbocycles. The number of likely N-dealkylation sites (N-methyl/N-ethyl adjacent to an activating group) is 1. The van der Waals surface area contributed by atoms with E-state index in [1.807, 2.05) is 63.2 Å². The first-order chi connectivity index (χ1) is 17.0. The first kappa shape index (κ1) is 25.8. The first-order valence-electron chi connectivity index (χ1n) is 12.5. The van der Waals surface area contributed by atoms with Crippen molar-refractivity contribution in [2.45, 2.75) is 57.7 Å². The molecule has 2 aromatic rings. The molecule has 0 aromatic heterocycles. The summed E-state index contributed by atoms with van der Waals surface area (Å²) in [5.41, 5.74) is 8.91. The monoisotopic (exact) mass is 495 g/mol. The smallest absolute Gasteiger partial charge is 0.410 e. The molecule has 1 aliphatic carbocycles. The Morgan fingerprint density at radius 3 is 2.56 bits per heavy atom. The fourth-order valence-corrected chi connectivity index (χ4v) is 4.92. The van der Waals surface area contributed by atoms with Crippen LogP contribution in [-0.2, 0) is 11.2 Å². The second kappa shape index (κ2) is 10.0. The van der Waals surface area contributed by atoms with E-state index in [1.165, 1.54) is 9.80 Å². The molecule has 2 aromatic carbocycles. The molecular weight excluding hydrogens is 458 g/mol. The Morgan fingerprint density at radius 1 is 1.17 bits per heavy atom. The number of carbonyl (C=O) groups excluding carboxylic acids is 1. The minimum Gasteiger partial charge on any atom is -0.491 e. The molecule has 0 radical (unpaired) electrons. The Bertz CT molecular complexity index is 1110. The van der Waals surface area contributed by atoms with Crippen molar-refractivity contribution in [2.24, 2.45) is 11.1 Å². The quantitative estimate of drug-likeness (QED) is 0.581. The maximum absolute atomic E-state index is 12.2. The van der Waals surface area contributed by atoms with Gasteiger partial charge in [0.05, 0.1) is 12.6 Å². The summed E-state index contributed by atoms with van der Waals surface area (Å²) in [7, 11) is 1.69. The normalized spacial score (nSPS) is 20.3. The van der Waals surface area contributed by atoms with E-state index in [0.29, 0.717) is 31.9 Å². The number of hydrogen-bond acceptors (Lipinski definition) is 5. The van der Waals surface area contributed by atoms with Gasteiger partial charge in [0.15, 0.2) is 0 Å². The third kappa shape index (κ3) is 5.75. The zero-order valence-electron chi connectivity index (χ0n) is 21.6. The number of nitrogens with two attached hydrogens (primary N) is 1. The van der Waals surface area contributed by atoms with Crippen LogP contribution in [0.2, 0.25) is 0 Å². The van der Waals surface area contributed by atoms with Crippen LogP contribution in [0.15, 0.2) is 48.5 Å². The largest absolute Gasteiger partial charge is 0.491 e. The molecule has 1 aliphatic heterocycles. The molecule has 2 atom stereocenters. The van der Waals surface area contributed by atoms with Crippen LogP contribution in [0.3, 0.4) is 0 Å². The summed E-state index contributed by atoms with van der Waals surface area (Å²) in [5.74, 6) is 0.717. The Labute approximate surface area is 213 Å². The molecule has 1 spiro atoms. The first-order valence-corrected chi connectivity index (χ1v) is 12.5. The summed E-state index contributed by atoms with van der Waals surface area (Å²) < 4.78 is 11.5. The highest BCUT2D eigenvalue weighted by molar-refractivity contribution is 5.71. The lowest BCUT2D eigenvalue weighted by Crippen LogP contribution is -2.44. The van der Waals surface area contributed by atoms with Crippen molar-refractivity contribution < 1.29 is 24.2 Å². The van der Waals surface area contributed by atoms with E-state index in [9.17, 15) is 14.7 Å². The Kier molecular flexibility index (Phi) is 7.18. The highest BCUT2D eigenvalue weighted by Crippen LogP contribution is 2.54. The standard InChI is InChI=1S/C28H37N3O5/c1-27(2,3)36-26(34)30(4)14-15-35-23-11-6-5-10-21(23)20-9-7-8-19(16-20)17-22-24(29)28(12-13-28)18-31(22)25(32)33/h5-11,16,22,24H,12-15,17-18,29H2,1-4H3,(H,32,33). The molecule has 2 aliphatic rings. The van der Waals surface area contributed by atoms with Gasteiger partial charge in [-0.15, -0.1) is 0 Å². The van der Waals surface area contributed by atoms with Gasteiger partial charge in [-0.05, 0) is 57.2 Å². The molecule has 2 unspecified atom stereocenters. The number of rotatable bonds is 7. The van der Waals surface area contributed by atoms with Crippen LogP contribution in [-0.4, -0.2) is 71.5 Å². The molecule has 8 nitrogen and oxygen atoms in total. The van der Waals surface area contributed by atoms with Crippen LogP contribution in [0.5, 0.6) is 5.75 Å². The second-order valence-corrected chi connectivity index (χ2v) is 11.0. The van der Waals surface area contributed by atoms with Gasteiger partial charge >= 0.3 is 12.2 Å². The number of benzene rings is 2. The van der Waals surface area contributed by atoms with Crippen molar-refractivity contribution in [3.8, 4) is 16.9 Å². The average Bonchev–Trinajstić information content (AvgIpc) is 3.55. The fourth-order valence-electron chi connectivity index (χ4n) is 4.92. The predicted octanol–water partition coefficient (Wildman–Crippen LogP) is 4.61. The Balaban J connectivity index is 1.44. The van der Waals surface area contributed by atoms with E-state index in [4.69, 9.17) is 15.2 Å². The van der Waals surface area contributed by atoms with Gasteiger partial charge in [-0.3, -0.25) is 0 Å². The lowest BCUT2D eigenvalue weighted by Gasteiger charge is -2.25. The van der Waals surface area contributed by atoms with Crippen LogP contribution in [0.4, 0.5) is 9.59 Å². The van der Waals surface area contributed by atoms with E-state index in [-0.39, 0.29) is 23.6 Å². The van der Waals surface area contributed by atoms with Gasteiger partial charge < -0.3 is 30.1 Å². The molecule has 194 valence electrons. The number of carbonyl (C=O) groups is 2. The maximum Gasteiger partial charge on any atom is 0.410 e. The summed E-state index contributed by atoms with van der Waals surface area (Å²) in [6.07, 6.45) is 1.29. The van der Waals surface area contributed by atoms with Gasteiger partial charge in [-0.1, -0.05) is 42.5 Å². The van der Waals surface area contributed by atoms with Gasteiger partial charge in [0.2, 0.25) is 0 Å². The number of amides is 2. The third-order valence-corrected chi connectivity index (χ3v) is 7.10. The van der Waals surface area contributed by atoms with E-state index < -0.39 is 11.7 Å². The number of hydrogen-bond donors (Lipinski definition) is 2. The predicted molar refractivity (Wildman–Crippen MR) is 138 cm³/mol. The van der Waals surface area contributed by atoms with Gasteiger partial charge in [0, 0.05) is 30.6 Å². The number of nitrogens with zero attached hydrogens (tertiary/aromatic N) is 2. The molecule has 36 heavy (non-hydrogen) atoms. The van der Waals surface area contributed by atoms with E-state index in [2.05, 4.69) is 6.07 Å². The second-order valence-electron chi connectivity index (χ2n) is 11.0. The summed E-state index contributed by atoms with van der Waals surface area (Å²) in [4.78, 5) is 27.1. The molecule has 2 fully saturated rings. The summed E-state index contributed by atoms with van der Waals surface area (Å²) in [6.45, 7) is 6.74. The third-order valence-electron chi connectivity index (χ3n) is 7.10. The van der Waals surface area contributed by atoms with Crippen LogP contribution in [0.1, 0.15) is 39.2 Å². The highest BCUT2D eigenvalue weighted by Gasteiger charge is 2.59. The fraction of sp³-hybridized carbons (Fsp3) is 0.500. The minimum absolute atomic E-state index is 0.0342. The highest BCUT2D eigenvalue weighted by atomic mass is 16.6. The summed E-state index contributed by atoms with van der Waals surface area (Å²) in [5, 5.41) is 9.74. The molecule has 8 heteroatoms. The van der Waals surface area contributed by atoms with Gasteiger partial charge in [-0.25, -0.2) is 9.59 Å². The van der Waals surface area contributed by atoms with Crippen LogP contribution < -0.4 is 10.5 Å². The van der Waals surface area contributed by atoms with Gasteiger partial charge in [0.25, 0.3) is 0 Å². The van der Waals surface area contributed by atoms with Gasteiger partial charge in [-0.2, -0.15) is 0 Å². The van der Waals surface area contributed by atoms with E-state index >= 15 is 0 Å². The topological polar surface area (TPSA) is 105 Å². The molecule has 4 rings (SSSR count). The molecule has 1 saturated heterocycles. The zero-order chi connectivity index (χ0) is 26.1. The number of para-hydroxylation sites is 1. The molecule has 3 N–H and O–H groups in total. The van der Waals surface area contributed by atoms with Gasteiger partial charge in [0.1, 0.15) is 18.0 Å². The van der Waals surface area contributed by atoms with E-state index in [0.717, 1.165) is 29.5 Å². The van der Waals surface area contributed by atoms with E-state index in [1.54, 1.807) is 7.05 Å². The number of carboxylic acid groups (broad SMARTS) is 1. The summed E-state index contributed by atoms with van der Waals surface area (Å²) in [6, 6.07) is 15.5. The Hall–Kier alpha value is -3.26. The summed E-state index contributed by atoms with van der Waals surface area (Å²) >= 11 is 0. The number of likely N-dealkylation sites (tertiary alicyclic amines) is 1. The molecular formula is C28H37N3O5. The van der Waals surface area contributed by atoms with Crippen molar-refractivity contribution in [1.82, 2.24) is 9.80 Å². The van der Waals surface area contributed by atoms with Crippen molar-refractivity contribution in [2.75, 3.05) is 26.7 Å². The SMILES string of the molecule is CN(CCOc1ccccc1-c1cccc(CC2C(N)C3(CC3)CN2C(=O)O)c1)C(=O)OC(C)(C)C. The van der Waals surface area contributed by atoms with Crippen LogP contribution in [0, 0.1) is 5.41 Å². The van der Waals surface area contributed by atoms with Crippen molar-refractivity contribution in [1.29, 1.82) is 0 Å². The van der Waals surface area contributed by atoms with Crippen molar-refractivity contribution in [3.05, 3.63) is 54.1 Å². The average molecular weight is 496 g/mol. The zero-order valence-corrected chi connectivity index (χ0v) is 21.6. The molecule has 0 bridgehead atoms. The molecule has 1 heterocycles. The van der Waals surface area contributed by atoms with Crippen molar-refractivity contribution in [3.63, 3.8) is 0 Å². The lowest BCUT2D eigenvalue weighted by atomic mass is 9.92. The van der Waals surface area contributed by atoms with Crippen LogP contribution >= 0.6 is 0 Å². The minimum atomic E-state index is -0.898. The lowest BCUT2D eigenvalue weighted by molar-refractivity contribution is 0.0278. The Morgan fingerprint density at radius 2 is 1.89 bits per heavy atom. The van der Waals surface area contributed by atoms with Crippen molar-refractivity contribution >= 4 is 12.2 Å². The molecule has 2 amide bonds.